The van der Waals surface area contributed by atoms with Crippen LogP contribution >= 0.6 is 0 Å². The van der Waals surface area contributed by atoms with Crippen molar-refractivity contribution in [1.29, 1.82) is 0 Å². The second-order valence-electron chi connectivity index (χ2n) is 2.88. The first-order valence-corrected chi connectivity index (χ1v) is 5.34. The van der Waals surface area contributed by atoms with Crippen LogP contribution in [-0.2, 0) is 0 Å². The van der Waals surface area contributed by atoms with Crippen LogP contribution in [0.2, 0.25) is 0 Å². The maximum atomic E-state index is 5.52. The van der Waals surface area contributed by atoms with Crippen molar-refractivity contribution >= 4 is 0 Å². The normalized spacial score (nSPS) is 8.65. The molecule has 1 rings (SSSR count). The second-order valence-corrected chi connectivity index (χ2v) is 2.88. The molecular weight excluding hydrogens is 247 g/mol. The Morgan fingerprint density at radius 3 is 1.59 bits per heavy atom. The molecule has 92 valence electrons. The first-order valence-electron chi connectivity index (χ1n) is 5.34. The van der Waals surface area contributed by atoms with Gasteiger partial charge in [-0.25, -0.2) is 0 Å². The molecule has 0 aliphatic heterocycles. The molecule has 4 nitrogen and oxygen atoms in total. The van der Waals surface area contributed by atoms with Crippen LogP contribution in [0.15, 0.2) is 18.2 Å². The third-order valence-corrected chi connectivity index (χ3v) is 1.83. The number of rotatable bonds is 6. The van der Waals surface area contributed by atoms with E-state index in [-0.39, 0.29) is 56.9 Å². The minimum atomic E-state index is 0. The van der Waals surface area contributed by atoms with E-state index in [1.165, 1.54) is 0 Å². The van der Waals surface area contributed by atoms with E-state index in [1.807, 2.05) is 39.0 Å². The molecule has 0 atom stereocenters. The van der Waals surface area contributed by atoms with Gasteiger partial charge in [0, 0.05) is 0 Å². The van der Waals surface area contributed by atoms with Crippen molar-refractivity contribution < 1.29 is 71.1 Å². The smallest absolute Gasteiger partial charge is 0.870 e. The van der Waals surface area contributed by atoms with Crippen molar-refractivity contribution in [1.82, 2.24) is 0 Å². The van der Waals surface area contributed by atoms with Gasteiger partial charge in [-0.2, -0.15) is 0 Å². The summed E-state index contributed by atoms with van der Waals surface area (Å²) in [5.41, 5.74) is 0. The molecule has 0 fully saturated rings. The van der Waals surface area contributed by atoms with Crippen molar-refractivity contribution in [3.05, 3.63) is 18.2 Å². The molecule has 0 saturated heterocycles. The Morgan fingerprint density at radius 1 is 0.824 bits per heavy atom. The van der Waals surface area contributed by atoms with Gasteiger partial charge in [0.2, 0.25) is 5.75 Å². The van der Waals surface area contributed by atoms with E-state index < -0.39 is 0 Å². The van der Waals surface area contributed by atoms with E-state index >= 15 is 0 Å². The molecule has 1 aromatic rings. The van der Waals surface area contributed by atoms with Crippen molar-refractivity contribution in [3.63, 3.8) is 0 Å². The predicted molar refractivity (Wildman–Crippen MR) is 61.9 cm³/mol. The van der Waals surface area contributed by atoms with Gasteiger partial charge in [0.15, 0.2) is 11.5 Å². The van der Waals surface area contributed by atoms with E-state index in [2.05, 4.69) is 0 Å². The van der Waals surface area contributed by atoms with Gasteiger partial charge in [0.05, 0.1) is 19.8 Å². The Balaban J connectivity index is 0. The van der Waals surface area contributed by atoms with E-state index in [9.17, 15) is 0 Å². The molecule has 0 unspecified atom stereocenters. The molecule has 1 N–H and O–H groups in total. The zero-order chi connectivity index (χ0) is 11.1. The Morgan fingerprint density at radius 2 is 1.24 bits per heavy atom. The molecule has 0 aliphatic carbocycles. The topological polar surface area (TPSA) is 57.7 Å². The summed E-state index contributed by atoms with van der Waals surface area (Å²) < 4.78 is 16.5. The van der Waals surface area contributed by atoms with Crippen LogP contribution in [0, 0.1) is 0 Å². The summed E-state index contributed by atoms with van der Waals surface area (Å²) in [4.78, 5) is 0. The van der Waals surface area contributed by atoms with Gasteiger partial charge in [-0.1, -0.05) is 6.07 Å². The number of benzene rings is 1. The molecular formula is C12H19KO4. The maximum absolute atomic E-state index is 5.52. The summed E-state index contributed by atoms with van der Waals surface area (Å²) in [6.07, 6.45) is 0. The fourth-order valence-corrected chi connectivity index (χ4v) is 1.32. The van der Waals surface area contributed by atoms with Gasteiger partial charge in [-0.15, -0.1) is 0 Å². The minimum absolute atomic E-state index is 0. The summed E-state index contributed by atoms with van der Waals surface area (Å²) in [5, 5.41) is 0. The minimum Gasteiger partial charge on any atom is -0.870 e. The molecule has 0 heterocycles. The van der Waals surface area contributed by atoms with Gasteiger partial charge >= 0.3 is 51.4 Å². The van der Waals surface area contributed by atoms with Gasteiger partial charge in [-0.3, -0.25) is 0 Å². The Bertz CT molecular complexity index is 280. The average molecular weight is 266 g/mol. The fourth-order valence-electron chi connectivity index (χ4n) is 1.32. The van der Waals surface area contributed by atoms with Crippen LogP contribution in [0.4, 0.5) is 0 Å². The summed E-state index contributed by atoms with van der Waals surface area (Å²) in [7, 11) is 0. The van der Waals surface area contributed by atoms with Crippen LogP contribution < -0.4 is 65.6 Å². The zero-order valence-corrected chi connectivity index (χ0v) is 14.1. The van der Waals surface area contributed by atoms with E-state index in [0.29, 0.717) is 25.6 Å². The van der Waals surface area contributed by atoms with Gasteiger partial charge in [-0.05, 0) is 32.9 Å². The molecule has 0 bridgehead atoms. The van der Waals surface area contributed by atoms with Crippen LogP contribution in [0.25, 0.3) is 0 Å². The van der Waals surface area contributed by atoms with E-state index in [1.54, 1.807) is 0 Å². The summed E-state index contributed by atoms with van der Waals surface area (Å²) in [5.74, 6) is 2.18. The predicted octanol–water partition coefficient (Wildman–Crippen LogP) is -0.290. The quantitative estimate of drug-likeness (QED) is 0.664. The molecule has 0 aliphatic rings. The second kappa shape index (κ2) is 11.3. The first-order chi connectivity index (χ1) is 7.33. The van der Waals surface area contributed by atoms with Gasteiger partial charge in [0.1, 0.15) is 0 Å². The maximum Gasteiger partial charge on any atom is 1.00 e. The zero-order valence-electron chi connectivity index (χ0n) is 11.0. The van der Waals surface area contributed by atoms with Crippen molar-refractivity contribution in [3.8, 4) is 17.2 Å². The Hall–Kier alpha value is 0.216. The van der Waals surface area contributed by atoms with Crippen molar-refractivity contribution in [2.45, 2.75) is 20.8 Å². The molecule has 0 amide bonds. The molecule has 0 spiro atoms. The molecule has 0 radical (unpaired) electrons. The number of para-hydroxylation sites is 1. The summed E-state index contributed by atoms with van der Waals surface area (Å²) in [6.45, 7) is 7.68. The van der Waals surface area contributed by atoms with Crippen LogP contribution in [0.1, 0.15) is 20.8 Å². The number of hydrogen-bond acceptors (Lipinski definition) is 4. The van der Waals surface area contributed by atoms with Crippen molar-refractivity contribution in [2.75, 3.05) is 19.8 Å². The number of hydrogen-bond donors (Lipinski definition) is 0. The monoisotopic (exact) mass is 266 g/mol. The van der Waals surface area contributed by atoms with Crippen LogP contribution in [-0.4, -0.2) is 25.3 Å². The third kappa shape index (κ3) is 6.08. The molecule has 5 heteroatoms. The number of ether oxygens (including phenoxy) is 3. The van der Waals surface area contributed by atoms with Gasteiger partial charge < -0.3 is 19.7 Å². The van der Waals surface area contributed by atoms with Crippen LogP contribution in [0.3, 0.4) is 0 Å². The fraction of sp³-hybridized carbons (Fsp3) is 0.500. The largest absolute Gasteiger partial charge is 1.00 e. The standard InChI is InChI=1S/C12H18O3.K.H2O/c1-4-13-10-8-7-9-11(14-5-2)12(10)15-6-3;;/h7-9H,4-6H2,1-3H3;;1H2/q;+1;/p-1. The molecule has 17 heavy (non-hydrogen) atoms. The van der Waals surface area contributed by atoms with E-state index in [4.69, 9.17) is 14.2 Å². The SMILES string of the molecule is CCOc1cccc(OCC)c1OCC.[K+].[OH-]. The molecule has 0 saturated carbocycles. The Kier molecular flexibility index (Phi) is 13.0. The van der Waals surface area contributed by atoms with Gasteiger partial charge in [0.25, 0.3) is 0 Å². The Labute approximate surface area is 145 Å². The van der Waals surface area contributed by atoms with E-state index in [0.717, 1.165) is 11.5 Å². The average Bonchev–Trinajstić information content (AvgIpc) is 2.23. The first kappa shape index (κ1) is 19.6. The van der Waals surface area contributed by atoms with Crippen LogP contribution in [0.5, 0.6) is 17.2 Å². The molecule has 0 aromatic heterocycles. The summed E-state index contributed by atoms with van der Waals surface area (Å²) >= 11 is 0. The third-order valence-electron chi connectivity index (χ3n) is 1.83. The van der Waals surface area contributed by atoms with Crippen molar-refractivity contribution in [2.24, 2.45) is 0 Å². The molecule has 1 aromatic carbocycles. The summed E-state index contributed by atoms with van der Waals surface area (Å²) in [6, 6.07) is 5.67.